The van der Waals surface area contributed by atoms with Crippen molar-refractivity contribution in [2.75, 3.05) is 0 Å². The molecular formula is C7H6ClNO4S. The number of rotatable bonds is 2. The fourth-order valence-corrected chi connectivity index (χ4v) is 2.28. The van der Waals surface area contributed by atoms with Gasteiger partial charge in [-0.15, -0.1) is 0 Å². The Balaban J connectivity index is 3.51. The first-order chi connectivity index (χ1) is 6.34. The average molecular weight is 236 g/mol. The minimum absolute atomic E-state index is 0.0486. The summed E-state index contributed by atoms with van der Waals surface area (Å²) < 4.78 is 21.9. The topological polar surface area (TPSA) is 77.3 Å². The predicted octanol–water partition coefficient (Wildman–Crippen LogP) is 1.83. The Morgan fingerprint density at radius 2 is 2.00 bits per heavy atom. The van der Waals surface area contributed by atoms with Crippen molar-refractivity contribution in [1.29, 1.82) is 0 Å². The molecule has 0 saturated heterocycles. The molecule has 1 aromatic carbocycles. The summed E-state index contributed by atoms with van der Waals surface area (Å²) in [5, 5.41) is 10.5. The van der Waals surface area contributed by atoms with Gasteiger partial charge in [-0.05, 0) is 13.0 Å². The fourth-order valence-electron chi connectivity index (χ4n) is 1.06. The number of nitro benzene ring substituents is 1. The fraction of sp³-hybridized carbons (Fsp3) is 0.143. The van der Waals surface area contributed by atoms with Gasteiger partial charge in [-0.3, -0.25) is 10.1 Å². The number of halogens is 1. The molecule has 1 rings (SSSR count). The highest BCUT2D eigenvalue weighted by Crippen LogP contribution is 2.26. The lowest BCUT2D eigenvalue weighted by Crippen LogP contribution is -1.98. The van der Waals surface area contributed by atoms with Crippen LogP contribution in [-0.2, 0) is 9.05 Å². The molecule has 0 aliphatic rings. The molecule has 76 valence electrons. The molecule has 0 spiro atoms. The maximum atomic E-state index is 11.0. The molecule has 0 bridgehead atoms. The molecule has 7 heteroatoms. The average Bonchev–Trinajstić information content (AvgIpc) is 2.01. The van der Waals surface area contributed by atoms with Gasteiger partial charge in [-0.25, -0.2) is 8.42 Å². The number of hydrogen-bond acceptors (Lipinski definition) is 4. The van der Waals surface area contributed by atoms with E-state index in [0.29, 0.717) is 0 Å². The summed E-state index contributed by atoms with van der Waals surface area (Å²) in [6, 6.07) is 3.73. The highest BCUT2D eigenvalue weighted by atomic mass is 35.7. The third-order valence-electron chi connectivity index (χ3n) is 1.71. The van der Waals surface area contributed by atoms with E-state index < -0.39 is 14.0 Å². The third-order valence-corrected chi connectivity index (χ3v) is 3.18. The van der Waals surface area contributed by atoms with Gasteiger partial charge < -0.3 is 0 Å². The normalized spacial score (nSPS) is 11.3. The van der Waals surface area contributed by atoms with Crippen LogP contribution in [0.15, 0.2) is 23.1 Å². The molecule has 0 aliphatic carbocycles. The van der Waals surface area contributed by atoms with Crippen LogP contribution in [0.4, 0.5) is 5.69 Å². The van der Waals surface area contributed by atoms with Crippen LogP contribution in [0.25, 0.3) is 0 Å². The van der Waals surface area contributed by atoms with Crippen molar-refractivity contribution in [2.24, 2.45) is 0 Å². The van der Waals surface area contributed by atoms with Crippen molar-refractivity contribution in [3.05, 3.63) is 33.9 Å². The zero-order chi connectivity index (χ0) is 10.9. The van der Waals surface area contributed by atoms with Crippen molar-refractivity contribution in [1.82, 2.24) is 0 Å². The highest BCUT2D eigenvalue weighted by Gasteiger charge is 2.20. The molecule has 0 aromatic heterocycles. The standard InChI is InChI=1S/C7H6ClNO4S/c1-5-6(9(10)11)3-2-4-7(5)14(8,12)13/h2-4H,1H3. The molecule has 0 saturated carbocycles. The second kappa shape index (κ2) is 3.55. The first-order valence-electron chi connectivity index (χ1n) is 3.52. The number of benzene rings is 1. The zero-order valence-electron chi connectivity index (χ0n) is 7.10. The monoisotopic (exact) mass is 235 g/mol. The van der Waals surface area contributed by atoms with Crippen molar-refractivity contribution in [3.8, 4) is 0 Å². The molecule has 0 atom stereocenters. The number of hydrogen-bond donors (Lipinski definition) is 0. The molecule has 0 fully saturated rings. The maximum absolute atomic E-state index is 11.0. The second-order valence-corrected chi connectivity index (χ2v) is 5.13. The van der Waals surface area contributed by atoms with Crippen LogP contribution in [0.1, 0.15) is 5.56 Å². The molecule has 0 aliphatic heterocycles. The smallest absolute Gasteiger partial charge is 0.258 e. The van der Waals surface area contributed by atoms with E-state index in [-0.39, 0.29) is 16.1 Å². The molecule has 0 heterocycles. The van der Waals surface area contributed by atoms with Crippen LogP contribution >= 0.6 is 10.7 Å². The molecule has 1 aromatic rings. The Kier molecular flexibility index (Phi) is 2.77. The van der Waals surface area contributed by atoms with Crippen LogP contribution in [0.2, 0.25) is 0 Å². The first-order valence-corrected chi connectivity index (χ1v) is 5.83. The predicted molar refractivity (Wildman–Crippen MR) is 50.9 cm³/mol. The van der Waals surface area contributed by atoms with Gasteiger partial charge in [0.05, 0.1) is 9.82 Å². The van der Waals surface area contributed by atoms with Gasteiger partial charge in [-0.2, -0.15) is 0 Å². The third kappa shape index (κ3) is 2.02. The van der Waals surface area contributed by atoms with Gasteiger partial charge in [0, 0.05) is 22.3 Å². The Morgan fingerprint density at radius 1 is 1.43 bits per heavy atom. The molecule has 14 heavy (non-hydrogen) atoms. The lowest BCUT2D eigenvalue weighted by molar-refractivity contribution is -0.385. The van der Waals surface area contributed by atoms with Gasteiger partial charge in [0.1, 0.15) is 0 Å². The van der Waals surface area contributed by atoms with Crippen LogP contribution in [0, 0.1) is 17.0 Å². The lowest BCUT2D eigenvalue weighted by Gasteiger charge is -2.01. The largest absolute Gasteiger partial charge is 0.273 e. The SMILES string of the molecule is Cc1c([N+](=O)[O-])cccc1S(=O)(=O)Cl. The van der Waals surface area contributed by atoms with E-state index >= 15 is 0 Å². The summed E-state index contributed by atoms with van der Waals surface area (Å²) in [5.41, 5.74) is -0.209. The van der Waals surface area contributed by atoms with E-state index in [1.165, 1.54) is 25.1 Å². The van der Waals surface area contributed by atoms with Gasteiger partial charge >= 0.3 is 0 Å². The van der Waals surface area contributed by atoms with Crippen molar-refractivity contribution in [2.45, 2.75) is 11.8 Å². The van der Waals surface area contributed by atoms with Crippen LogP contribution < -0.4 is 0 Å². The quantitative estimate of drug-likeness (QED) is 0.445. The van der Waals surface area contributed by atoms with Crippen molar-refractivity contribution < 1.29 is 13.3 Å². The zero-order valence-corrected chi connectivity index (χ0v) is 8.67. The van der Waals surface area contributed by atoms with Crippen LogP contribution in [0.5, 0.6) is 0 Å². The van der Waals surface area contributed by atoms with Crippen LogP contribution in [0.3, 0.4) is 0 Å². The van der Waals surface area contributed by atoms with E-state index in [1.807, 2.05) is 0 Å². The maximum Gasteiger partial charge on any atom is 0.273 e. The highest BCUT2D eigenvalue weighted by molar-refractivity contribution is 8.13. The minimum Gasteiger partial charge on any atom is -0.258 e. The lowest BCUT2D eigenvalue weighted by atomic mass is 10.2. The Bertz CT molecular complexity index is 482. The molecule has 0 N–H and O–H groups in total. The van der Waals surface area contributed by atoms with E-state index in [1.54, 1.807) is 0 Å². The van der Waals surface area contributed by atoms with Gasteiger partial charge in [0.2, 0.25) is 0 Å². The molecular weight excluding hydrogens is 230 g/mol. The van der Waals surface area contributed by atoms with E-state index in [9.17, 15) is 18.5 Å². The second-order valence-electron chi connectivity index (χ2n) is 2.60. The molecule has 0 amide bonds. The summed E-state index contributed by atoms with van der Waals surface area (Å²) in [5.74, 6) is 0. The summed E-state index contributed by atoms with van der Waals surface area (Å²) in [6.45, 7) is 1.34. The summed E-state index contributed by atoms with van der Waals surface area (Å²) >= 11 is 0. The molecule has 0 radical (unpaired) electrons. The van der Waals surface area contributed by atoms with Crippen LogP contribution in [-0.4, -0.2) is 13.3 Å². The number of nitro groups is 1. The number of nitrogens with zero attached hydrogens (tertiary/aromatic N) is 1. The van der Waals surface area contributed by atoms with Gasteiger partial charge in [-0.1, -0.05) is 6.07 Å². The minimum atomic E-state index is -3.92. The summed E-state index contributed by atoms with van der Waals surface area (Å²) in [6.07, 6.45) is 0. The van der Waals surface area contributed by atoms with E-state index in [4.69, 9.17) is 10.7 Å². The van der Waals surface area contributed by atoms with E-state index in [0.717, 1.165) is 0 Å². The summed E-state index contributed by atoms with van der Waals surface area (Å²) in [4.78, 5) is 9.59. The Morgan fingerprint density at radius 3 is 2.43 bits per heavy atom. The Labute approximate surface area is 84.9 Å². The molecule has 5 nitrogen and oxygen atoms in total. The van der Waals surface area contributed by atoms with Gasteiger partial charge in [0.15, 0.2) is 0 Å². The first kappa shape index (κ1) is 10.9. The van der Waals surface area contributed by atoms with E-state index in [2.05, 4.69) is 0 Å². The van der Waals surface area contributed by atoms with Crippen molar-refractivity contribution in [3.63, 3.8) is 0 Å². The summed E-state index contributed by atoms with van der Waals surface area (Å²) in [7, 11) is 1.17. The molecule has 0 unspecified atom stereocenters. The van der Waals surface area contributed by atoms with Gasteiger partial charge in [0.25, 0.3) is 14.7 Å². The Hall–Kier alpha value is -1.14. The van der Waals surface area contributed by atoms with Crippen molar-refractivity contribution >= 4 is 25.4 Å².